The lowest BCUT2D eigenvalue weighted by atomic mass is 10.1. The Bertz CT molecular complexity index is 274. The van der Waals surface area contributed by atoms with Gasteiger partial charge in [0.1, 0.15) is 0 Å². The van der Waals surface area contributed by atoms with Gasteiger partial charge in [0.15, 0.2) is 0 Å². The Balaban J connectivity index is 2.49. The Morgan fingerprint density at radius 3 is 3.09 bits per heavy atom. The van der Waals surface area contributed by atoms with Crippen LogP contribution in [0.2, 0.25) is 0 Å². The SMILES string of the molecule is Cc1c(CN)nn2c1CCC2. The molecular weight excluding hydrogens is 138 g/mol. The Morgan fingerprint density at radius 2 is 2.45 bits per heavy atom. The molecule has 0 unspecified atom stereocenters. The summed E-state index contributed by atoms with van der Waals surface area (Å²) in [6, 6.07) is 0. The molecule has 0 saturated carbocycles. The normalized spacial score (nSPS) is 15.5. The highest BCUT2D eigenvalue weighted by Crippen LogP contribution is 2.20. The van der Waals surface area contributed by atoms with E-state index in [-0.39, 0.29) is 0 Å². The molecule has 3 nitrogen and oxygen atoms in total. The molecule has 1 aromatic rings. The molecule has 0 amide bonds. The highest BCUT2D eigenvalue weighted by Gasteiger charge is 2.17. The second-order valence-corrected chi connectivity index (χ2v) is 3.05. The second-order valence-electron chi connectivity index (χ2n) is 3.05. The van der Waals surface area contributed by atoms with Crippen molar-refractivity contribution in [3.63, 3.8) is 0 Å². The van der Waals surface area contributed by atoms with Gasteiger partial charge in [0.2, 0.25) is 0 Å². The summed E-state index contributed by atoms with van der Waals surface area (Å²) >= 11 is 0. The summed E-state index contributed by atoms with van der Waals surface area (Å²) in [6.45, 7) is 3.77. The fourth-order valence-corrected chi connectivity index (χ4v) is 1.73. The van der Waals surface area contributed by atoms with E-state index in [4.69, 9.17) is 5.73 Å². The van der Waals surface area contributed by atoms with Crippen molar-refractivity contribution in [1.29, 1.82) is 0 Å². The van der Waals surface area contributed by atoms with E-state index < -0.39 is 0 Å². The van der Waals surface area contributed by atoms with Gasteiger partial charge < -0.3 is 5.73 Å². The van der Waals surface area contributed by atoms with Crippen molar-refractivity contribution in [2.45, 2.75) is 32.9 Å². The highest BCUT2D eigenvalue weighted by molar-refractivity contribution is 5.26. The van der Waals surface area contributed by atoms with E-state index in [1.165, 1.54) is 24.1 Å². The average molecular weight is 151 g/mol. The van der Waals surface area contributed by atoms with Gasteiger partial charge in [-0.15, -0.1) is 0 Å². The first kappa shape index (κ1) is 6.85. The summed E-state index contributed by atoms with van der Waals surface area (Å²) < 4.78 is 2.09. The molecular formula is C8H13N3. The topological polar surface area (TPSA) is 43.8 Å². The first-order valence-corrected chi connectivity index (χ1v) is 4.08. The molecule has 2 rings (SSSR count). The standard InChI is InChI=1S/C8H13N3/c1-6-7(5-9)10-11-4-2-3-8(6)11/h2-5,9H2,1H3. The molecule has 2 N–H and O–H groups in total. The number of hydrogen-bond acceptors (Lipinski definition) is 2. The van der Waals surface area contributed by atoms with Crippen molar-refractivity contribution in [3.8, 4) is 0 Å². The van der Waals surface area contributed by atoms with Crippen molar-refractivity contribution in [2.24, 2.45) is 5.73 Å². The molecule has 0 saturated heterocycles. The van der Waals surface area contributed by atoms with Crippen molar-refractivity contribution in [3.05, 3.63) is 17.0 Å². The fourth-order valence-electron chi connectivity index (χ4n) is 1.73. The van der Waals surface area contributed by atoms with Crippen molar-refractivity contribution < 1.29 is 0 Å². The number of aryl methyl sites for hydroxylation is 1. The van der Waals surface area contributed by atoms with Crippen LogP contribution in [0.4, 0.5) is 0 Å². The summed E-state index contributed by atoms with van der Waals surface area (Å²) in [4.78, 5) is 0. The lowest BCUT2D eigenvalue weighted by Crippen LogP contribution is -2.01. The predicted octanol–water partition coefficient (Wildman–Crippen LogP) is 0.596. The van der Waals surface area contributed by atoms with E-state index in [2.05, 4.69) is 16.7 Å². The number of nitrogens with zero attached hydrogens (tertiary/aromatic N) is 2. The number of hydrogen-bond donors (Lipinski definition) is 1. The predicted molar refractivity (Wildman–Crippen MR) is 43.2 cm³/mol. The third-order valence-corrected chi connectivity index (χ3v) is 2.40. The quantitative estimate of drug-likeness (QED) is 0.638. The van der Waals surface area contributed by atoms with E-state index in [9.17, 15) is 0 Å². The van der Waals surface area contributed by atoms with E-state index >= 15 is 0 Å². The van der Waals surface area contributed by atoms with Crippen LogP contribution in [0.15, 0.2) is 0 Å². The number of fused-ring (bicyclic) bond motifs is 1. The van der Waals surface area contributed by atoms with Gasteiger partial charge >= 0.3 is 0 Å². The third kappa shape index (κ3) is 0.878. The van der Waals surface area contributed by atoms with Crippen LogP contribution in [0.5, 0.6) is 0 Å². The molecule has 0 fully saturated rings. The van der Waals surface area contributed by atoms with Crippen LogP contribution in [0.25, 0.3) is 0 Å². The maximum Gasteiger partial charge on any atom is 0.0792 e. The van der Waals surface area contributed by atoms with Gasteiger partial charge in [0, 0.05) is 18.8 Å². The summed E-state index contributed by atoms with van der Waals surface area (Å²) in [7, 11) is 0. The molecule has 0 bridgehead atoms. The maximum atomic E-state index is 5.54. The minimum absolute atomic E-state index is 0.575. The number of rotatable bonds is 1. The molecule has 0 radical (unpaired) electrons. The Kier molecular flexibility index (Phi) is 1.46. The molecule has 0 aliphatic carbocycles. The summed E-state index contributed by atoms with van der Waals surface area (Å²) in [5.41, 5.74) is 9.31. The molecule has 0 aromatic carbocycles. The zero-order chi connectivity index (χ0) is 7.84. The van der Waals surface area contributed by atoms with Crippen molar-refractivity contribution >= 4 is 0 Å². The average Bonchev–Trinajstić information content (AvgIpc) is 2.53. The van der Waals surface area contributed by atoms with Gasteiger partial charge in [-0.25, -0.2) is 0 Å². The smallest absolute Gasteiger partial charge is 0.0792 e. The molecule has 1 aromatic heterocycles. The molecule has 0 spiro atoms. The summed E-state index contributed by atoms with van der Waals surface area (Å²) in [5.74, 6) is 0. The maximum absolute atomic E-state index is 5.54. The molecule has 3 heteroatoms. The van der Waals surface area contributed by atoms with Crippen LogP contribution < -0.4 is 5.73 Å². The van der Waals surface area contributed by atoms with Gasteiger partial charge in [-0.05, 0) is 25.3 Å². The van der Waals surface area contributed by atoms with Crippen molar-refractivity contribution in [2.75, 3.05) is 0 Å². The lowest BCUT2D eigenvalue weighted by Gasteiger charge is -1.91. The van der Waals surface area contributed by atoms with Gasteiger partial charge in [-0.2, -0.15) is 5.10 Å². The monoisotopic (exact) mass is 151 g/mol. The van der Waals surface area contributed by atoms with Crippen LogP contribution in [0.1, 0.15) is 23.4 Å². The third-order valence-electron chi connectivity index (χ3n) is 2.40. The van der Waals surface area contributed by atoms with Gasteiger partial charge in [-0.1, -0.05) is 0 Å². The van der Waals surface area contributed by atoms with Gasteiger partial charge in [0.05, 0.1) is 5.69 Å². The molecule has 1 aliphatic rings. The fraction of sp³-hybridized carbons (Fsp3) is 0.625. The minimum Gasteiger partial charge on any atom is -0.325 e. The molecule has 2 heterocycles. The Morgan fingerprint density at radius 1 is 1.64 bits per heavy atom. The zero-order valence-corrected chi connectivity index (χ0v) is 6.80. The van der Waals surface area contributed by atoms with Gasteiger partial charge in [0.25, 0.3) is 0 Å². The van der Waals surface area contributed by atoms with Crippen LogP contribution in [0, 0.1) is 6.92 Å². The second kappa shape index (κ2) is 2.34. The summed E-state index contributed by atoms with van der Waals surface area (Å²) in [6.07, 6.45) is 2.42. The lowest BCUT2D eigenvalue weighted by molar-refractivity contribution is 0.644. The van der Waals surface area contributed by atoms with Crippen LogP contribution >= 0.6 is 0 Å². The molecule has 1 aliphatic heterocycles. The van der Waals surface area contributed by atoms with Crippen molar-refractivity contribution in [1.82, 2.24) is 9.78 Å². The highest BCUT2D eigenvalue weighted by atomic mass is 15.3. The number of nitrogens with two attached hydrogens (primary N) is 1. The van der Waals surface area contributed by atoms with E-state index in [0.29, 0.717) is 6.54 Å². The van der Waals surface area contributed by atoms with E-state index in [1.807, 2.05) is 0 Å². The molecule has 11 heavy (non-hydrogen) atoms. The summed E-state index contributed by atoms with van der Waals surface area (Å²) in [5, 5.41) is 4.40. The zero-order valence-electron chi connectivity index (χ0n) is 6.80. The first-order chi connectivity index (χ1) is 5.33. The van der Waals surface area contributed by atoms with E-state index in [0.717, 1.165) is 12.2 Å². The van der Waals surface area contributed by atoms with Gasteiger partial charge in [-0.3, -0.25) is 4.68 Å². The molecule has 0 atom stereocenters. The van der Waals surface area contributed by atoms with Crippen LogP contribution in [-0.4, -0.2) is 9.78 Å². The van der Waals surface area contributed by atoms with E-state index in [1.54, 1.807) is 0 Å². The van der Waals surface area contributed by atoms with Crippen LogP contribution in [0.3, 0.4) is 0 Å². The Labute approximate surface area is 66.2 Å². The first-order valence-electron chi connectivity index (χ1n) is 4.08. The molecule has 60 valence electrons. The minimum atomic E-state index is 0.575. The Hall–Kier alpha value is -0.830. The largest absolute Gasteiger partial charge is 0.325 e. The van der Waals surface area contributed by atoms with Crippen LogP contribution in [-0.2, 0) is 19.5 Å². The number of aromatic nitrogens is 2.